The highest BCUT2D eigenvalue weighted by atomic mass is 16.6. The van der Waals surface area contributed by atoms with Gasteiger partial charge in [0.15, 0.2) is 5.96 Å². The number of amides is 1. The SMILES string of the molecule is CCNC(=NCc1ccccc1[N+](=O)[O-])NC1CCN(C(=O)CC)C1. The van der Waals surface area contributed by atoms with Crippen molar-refractivity contribution in [1.29, 1.82) is 0 Å². The zero-order valence-corrected chi connectivity index (χ0v) is 14.7. The van der Waals surface area contributed by atoms with Crippen LogP contribution in [0.1, 0.15) is 32.3 Å². The van der Waals surface area contributed by atoms with Gasteiger partial charge in [0.05, 0.1) is 17.0 Å². The number of hydrogen-bond acceptors (Lipinski definition) is 4. The highest BCUT2D eigenvalue weighted by Crippen LogP contribution is 2.18. The summed E-state index contributed by atoms with van der Waals surface area (Å²) in [7, 11) is 0. The maximum absolute atomic E-state index is 11.8. The van der Waals surface area contributed by atoms with Crippen molar-refractivity contribution in [1.82, 2.24) is 15.5 Å². The van der Waals surface area contributed by atoms with E-state index < -0.39 is 4.92 Å². The summed E-state index contributed by atoms with van der Waals surface area (Å²) in [5.74, 6) is 0.766. The fourth-order valence-corrected chi connectivity index (χ4v) is 2.83. The highest BCUT2D eigenvalue weighted by Gasteiger charge is 2.25. The van der Waals surface area contributed by atoms with Crippen LogP contribution in [0.3, 0.4) is 0 Å². The van der Waals surface area contributed by atoms with E-state index in [0.717, 1.165) is 13.0 Å². The Morgan fingerprint density at radius 1 is 1.40 bits per heavy atom. The van der Waals surface area contributed by atoms with Crippen LogP contribution in [0.15, 0.2) is 29.3 Å². The molecule has 1 aliphatic heterocycles. The minimum atomic E-state index is -0.392. The molecule has 1 unspecified atom stereocenters. The number of nitrogens with one attached hydrogen (secondary N) is 2. The van der Waals surface area contributed by atoms with E-state index >= 15 is 0 Å². The first-order valence-electron chi connectivity index (χ1n) is 8.60. The number of para-hydroxylation sites is 1. The van der Waals surface area contributed by atoms with Crippen molar-refractivity contribution in [3.05, 3.63) is 39.9 Å². The minimum Gasteiger partial charge on any atom is -0.357 e. The summed E-state index contributed by atoms with van der Waals surface area (Å²) in [5, 5.41) is 17.6. The van der Waals surface area contributed by atoms with Crippen molar-refractivity contribution in [2.24, 2.45) is 4.99 Å². The molecule has 1 amide bonds. The number of nitro groups is 1. The molecule has 1 aliphatic rings. The Labute approximate surface area is 147 Å². The van der Waals surface area contributed by atoms with Crippen LogP contribution in [0.25, 0.3) is 0 Å². The van der Waals surface area contributed by atoms with Gasteiger partial charge in [0.2, 0.25) is 5.91 Å². The molecule has 2 N–H and O–H groups in total. The molecule has 0 saturated carbocycles. The van der Waals surface area contributed by atoms with E-state index in [4.69, 9.17) is 0 Å². The Hall–Kier alpha value is -2.64. The van der Waals surface area contributed by atoms with Crippen molar-refractivity contribution in [2.45, 2.75) is 39.3 Å². The third-order valence-corrected chi connectivity index (χ3v) is 4.12. The van der Waals surface area contributed by atoms with Gasteiger partial charge in [-0.3, -0.25) is 14.9 Å². The maximum atomic E-state index is 11.8. The van der Waals surface area contributed by atoms with Crippen molar-refractivity contribution in [3.8, 4) is 0 Å². The highest BCUT2D eigenvalue weighted by molar-refractivity contribution is 5.80. The number of likely N-dealkylation sites (tertiary alicyclic amines) is 1. The lowest BCUT2D eigenvalue weighted by atomic mass is 10.2. The summed E-state index contributed by atoms with van der Waals surface area (Å²) in [5.41, 5.74) is 0.640. The lowest BCUT2D eigenvalue weighted by Crippen LogP contribution is -2.45. The van der Waals surface area contributed by atoms with E-state index in [1.807, 2.05) is 18.7 Å². The van der Waals surface area contributed by atoms with Crippen LogP contribution in [0.4, 0.5) is 5.69 Å². The fraction of sp³-hybridized carbons (Fsp3) is 0.529. The topological polar surface area (TPSA) is 99.9 Å². The van der Waals surface area contributed by atoms with Crippen LogP contribution < -0.4 is 10.6 Å². The Balaban J connectivity index is 2.02. The Kier molecular flexibility index (Phi) is 6.73. The summed E-state index contributed by atoms with van der Waals surface area (Å²) >= 11 is 0. The molecule has 0 aliphatic carbocycles. The van der Waals surface area contributed by atoms with Crippen LogP contribution in [-0.2, 0) is 11.3 Å². The summed E-state index contributed by atoms with van der Waals surface area (Å²) in [6.07, 6.45) is 1.38. The summed E-state index contributed by atoms with van der Waals surface area (Å²) in [4.78, 5) is 28.8. The van der Waals surface area contributed by atoms with Gasteiger partial charge < -0.3 is 15.5 Å². The van der Waals surface area contributed by atoms with E-state index in [-0.39, 0.29) is 24.2 Å². The van der Waals surface area contributed by atoms with Crippen LogP contribution in [0.5, 0.6) is 0 Å². The molecular formula is C17H25N5O3. The predicted molar refractivity (Wildman–Crippen MR) is 96.3 cm³/mol. The molecular weight excluding hydrogens is 322 g/mol. The van der Waals surface area contributed by atoms with E-state index in [2.05, 4.69) is 15.6 Å². The first-order chi connectivity index (χ1) is 12.0. The molecule has 0 radical (unpaired) electrons. The molecule has 25 heavy (non-hydrogen) atoms. The Bertz CT molecular complexity index is 647. The van der Waals surface area contributed by atoms with Crippen LogP contribution in [0.2, 0.25) is 0 Å². The number of guanidine groups is 1. The third-order valence-electron chi connectivity index (χ3n) is 4.12. The Morgan fingerprint density at radius 3 is 2.84 bits per heavy atom. The zero-order valence-electron chi connectivity index (χ0n) is 14.7. The first-order valence-corrected chi connectivity index (χ1v) is 8.60. The van der Waals surface area contributed by atoms with E-state index in [1.165, 1.54) is 6.07 Å². The van der Waals surface area contributed by atoms with Crippen molar-refractivity contribution in [2.75, 3.05) is 19.6 Å². The van der Waals surface area contributed by atoms with E-state index in [0.29, 0.717) is 31.0 Å². The molecule has 8 heteroatoms. The van der Waals surface area contributed by atoms with E-state index in [1.54, 1.807) is 18.2 Å². The monoisotopic (exact) mass is 347 g/mol. The van der Waals surface area contributed by atoms with E-state index in [9.17, 15) is 14.9 Å². The van der Waals surface area contributed by atoms with Gasteiger partial charge in [-0.2, -0.15) is 0 Å². The quantitative estimate of drug-likeness (QED) is 0.353. The molecule has 1 fully saturated rings. The molecule has 1 heterocycles. The van der Waals surface area contributed by atoms with Gasteiger partial charge in [0.1, 0.15) is 0 Å². The smallest absolute Gasteiger partial charge is 0.274 e. The number of rotatable bonds is 6. The van der Waals surface area contributed by atoms with Crippen LogP contribution in [-0.4, -0.2) is 47.4 Å². The third kappa shape index (κ3) is 5.17. The number of nitro benzene ring substituents is 1. The molecule has 2 rings (SSSR count). The van der Waals surface area contributed by atoms with Crippen molar-refractivity contribution in [3.63, 3.8) is 0 Å². The summed E-state index contributed by atoms with van der Waals surface area (Å²) in [6.45, 7) is 6.13. The number of aliphatic imine (C=N–C) groups is 1. The second-order valence-electron chi connectivity index (χ2n) is 5.90. The summed E-state index contributed by atoms with van der Waals surface area (Å²) in [6, 6.07) is 6.74. The normalized spacial score (nSPS) is 17.4. The zero-order chi connectivity index (χ0) is 18.2. The molecule has 1 saturated heterocycles. The fourth-order valence-electron chi connectivity index (χ4n) is 2.83. The molecule has 0 bridgehead atoms. The molecule has 1 aromatic carbocycles. The van der Waals surface area contributed by atoms with Crippen molar-refractivity contribution >= 4 is 17.6 Å². The molecule has 1 atom stereocenters. The average Bonchev–Trinajstić information content (AvgIpc) is 3.08. The van der Waals surface area contributed by atoms with Crippen LogP contribution in [0, 0.1) is 10.1 Å². The van der Waals surface area contributed by atoms with Crippen LogP contribution >= 0.6 is 0 Å². The van der Waals surface area contributed by atoms with Gasteiger partial charge in [0, 0.05) is 38.2 Å². The van der Waals surface area contributed by atoms with Gasteiger partial charge in [0.25, 0.3) is 5.69 Å². The van der Waals surface area contributed by atoms with Gasteiger partial charge >= 0.3 is 0 Å². The Morgan fingerprint density at radius 2 is 2.16 bits per heavy atom. The molecule has 1 aromatic rings. The van der Waals surface area contributed by atoms with Gasteiger partial charge in [-0.1, -0.05) is 25.1 Å². The second kappa shape index (κ2) is 9.00. The largest absolute Gasteiger partial charge is 0.357 e. The number of carbonyl (C=O) groups is 1. The number of carbonyl (C=O) groups excluding carboxylic acids is 1. The second-order valence-corrected chi connectivity index (χ2v) is 5.90. The molecule has 8 nitrogen and oxygen atoms in total. The predicted octanol–water partition coefficient (Wildman–Crippen LogP) is 1.66. The number of benzene rings is 1. The van der Waals surface area contributed by atoms with Gasteiger partial charge in [-0.25, -0.2) is 4.99 Å². The number of hydrogen-bond donors (Lipinski definition) is 2. The van der Waals surface area contributed by atoms with Gasteiger partial charge in [-0.05, 0) is 13.3 Å². The summed E-state index contributed by atoms with van der Waals surface area (Å²) < 4.78 is 0. The molecule has 136 valence electrons. The maximum Gasteiger partial charge on any atom is 0.274 e. The average molecular weight is 347 g/mol. The minimum absolute atomic E-state index is 0.0719. The lowest BCUT2D eigenvalue weighted by Gasteiger charge is -2.18. The van der Waals surface area contributed by atoms with Crippen molar-refractivity contribution < 1.29 is 9.72 Å². The first kappa shape index (κ1) is 18.7. The van der Waals surface area contributed by atoms with Gasteiger partial charge in [-0.15, -0.1) is 0 Å². The molecule has 0 spiro atoms. The standard InChI is InChI=1S/C17H25N5O3/c1-3-16(23)21-10-9-14(12-21)20-17(18-4-2)19-11-13-7-5-6-8-15(13)22(24)25/h5-8,14H,3-4,9-12H2,1-2H3,(H2,18,19,20). The number of nitrogens with zero attached hydrogens (tertiary/aromatic N) is 3. The lowest BCUT2D eigenvalue weighted by molar-refractivity contribution is -0.385. The molecule has 0 aromatic heterocycles.